The summed E-state index contributed by atoms with van der Waals surface area (Å²) < 4.78 is 21.0. The van der Waals surface area contributed by atoms with Gasteiger partial charge in [0.1, 0.15) is 0 Å². The highest BCUT2D eigenvalue weighted by molar-refractivity contribution is 7.88. The summed E-state index contributed by atoms with van der Waals surface area (Å²) in [7, 11) is -3.79. The van der Waals surface area contributed by atoms with Crippen LogP contribution in [0.1, 0.15) is 19.8 Å². The molecule has 1 aliphatic rings. The summed E-state index contributed by atoms with van der Waals surface area (Å²) in [5, 5.41) is 16.1. The van der Waals surface area contributed by atoms with Gasteiger partial charge in [0.25, 0.3) is 0 Å². The molecule has 0 spiro atoms. The van der Waals surface area contributed by atoms with Gasteiger partial charge in [-0.2, -0.15) is 0 Å². The van der Waals surface area contributed by atoms with E-state index in [4.69, 9.17) is 5.14 Å². The molecule has 4 nitrogen and oxygen atoms in total. The first-order valence-electron chi connectivity index (χ1n) is 3.51. The first-order valence-corrected chi connectivity index (χ1v) is 5.16. The van der Waals surface area contributed by atoms with Crippen molar-refractivity contribution in [3.8, 4) is 0 Å². The number of nitrogens with one attached hydrogen (secondary N) is 1. The Morgan fingerprint density at radius 3 is 2.36 bits per heavy atom. The molecule has 0 saturated heterocycles. The third-order valence-electron chi connectivity index (χ3n) is 1.94. The lowest BCUT2D eigenvalue weighted by atomic mass is 10.0. The third-order valence-corrected chi connectivity index (χ3v) is 2.90. The lowest BCUT2D eigenvalue weighted by molar-refractivity contribution is 0.0601. The molecule has 2 N–H and O–H groups in total. The zero-order valence-corrected chi connectivity index (χ0v) is 7.19. The Bertz CT molecular complexity index is 241. The topological polar surface area (TPSA) is 78.2 Å². The fourth-order valence-corrected chi connectivity index (χ4v) is 2.21. The van der Waals surface area contributed by atoms with Gasteiger partial charge in [-0.25, -0.2) is 8.42 Å². The predicted octanol–water partition coefficient (Wildman–Crippen LogP) is -0.240. The maximum absolute atomic E-state index is 10.5. The second-order valence-electron chi connectivity index (χ2n) is 3.39. The van der Waals surface area contributed by atoms with Crippen LogP contribution >= 0.6 is 0 Å². The summed E-state index contributed by atoms with van der Waals surface area (Å²) in [6, 6.07) is 0. The van der Waals surface area contributed by atoms with E-state index in [1.54, 1.807) is 0 Å². The molecular formula is C6H12NO3S. The molecule has 11 heavy (non-hydrogen) atoms. The molecule has 5 heteroatoms. The van der Waals surface area contributed by atoms with E-state index in [2.05, 4.69) is 0 Å². The van der Waals surface area contributed by atoms with Gasteiger partial charge < -0.3 is 5.11 Å². The summed E-state index contributed by atoms with van der Waals surface area (Å²) in [6.45, 7) is 1.48. The minimum Gasteiger partial charge on any atom is -0.389 e. The Morgan fingerprint density at radius 1 is 1.64 bits per heavy atom. The number of aliphatic hydroxyl groups is 1. The lowest BCUT2D eigenvalue weighted by Gasteiger charge is -2.20. The van der Waals surface area contributed by atoms with Gasteiger partial charge in [0.2, 0.25) is 10.0 Å². The highest BCUT2D eigenvalue weighted by Crippen LogP contribution is 2.39. The Kier molecular flexibility index (Phi) is 1.98. The average molecular weight is 178 g/mol. The van der Waals surface area contributed by atoms with Crippen LogP contribution in [0.2, 0.25) is 0 Å². The normalized spacial score (nSPS) is 24.6. The van der Waals surface area contributed by atoms with Crippen LogP contribution in [-0.4, -0.2) is 24.9 Å². The largest absolute Gasteiger partial charge is 0.389 e. The highest BCUT2D eigenvalue weighted by atomic mass is 32.2. The molecule has 1 saturated carbocycles. The van der Waals surface area contributed by atoms with Crippen molar-refractivity contribution < 1.29 is 13.5 Å². The third kappa shape index (κ3) is 2.76. The lowest BCUT2D eigenvalue weighted by Crippen LogP contribution is -2.36. The molecular weight excluding hydrogens is 166 g/mol. The Morgan fingerprint density at radius 2 is 2.09 bits per heavy atom. The molecule has 65 valence electrons. The van der Waals surface area contributed by atoms with Crippen molar-refractivity contribution in [1.29, 1.82) is 0 Å². The molecule has 0 bridgehead atoms. The smallest absolute Gasteiger partial charge is 0.227 e. The van der Waals surface area contributed by atoms with E-state index < -0.39 is 21.4 Å². The number of sulfonamides is 1. The summed E-state index contributed by atoms with van der Waals surface area (Å²) >= 11 is 0. The van der Waals surface area contributed by atoms with Crippen molar-refractivity contribution in [2.45, 2.75) is 25.4 Å². The zero-order valence-electron chi connectivity index (χ0n) is 6.37. The number of hydrogen-bond donors (Lipinski definition) is 1. The molecule has 0 aliphatic heterocycles. The van der Waals surface area contributed by atoms with Crippen molar-refractivity contribution in [3.05, 3.63) is 0 Å². The van der Waals surface area contributed by atoms with E-state index in [-0.39, 0.29) is 5.92 Å². The van der Waals surface area contributed by atoms with Crippen LogP contribution in [0, 0.1) is 5.92 Å². The van der Waals surface area contributed by atoms with E-state index in [1.165, 1.54) is 6.92 Å². The van der Waals surface area contributed by atoms with Crippen LogP contribution in [0.3, 0.4) is 0 Å². The van der Waals surface area contributed by atoms with Crippen LogP contribution in [0.5, 0.6) is 0 Å². The summed E-state index contributed by atoms with van der Waals surface area (Å²) in [6.07, 6.45) is 1.76. The van der Waals surface area contributed by atoms with Crippen molar-refractivity contribution in [2.75, 3.05) is 5.75 Å². The maximum atomic E-state index is 10.5. The van der Waals surface area contributed by atoms with Gasteiger partial charge in [-0.1, -0.05) is 0 Å². The van der Waals surface area contributed by atoms with E-state index in [0.717, 1.165) is 12.8 Å². The molecule has 1 atom stereocenters. The highest BCUT2D eigenvalue weighted by Gasteiger charge is 2.42. The molecule has 0 aromatic heterocycles. The second-order valence-corrected chi connectivity index (χ2v) is 4.91. The van der Waals surface area contributed by atoms with Crippen LogP contribution in [0.4, 0.5) is 0 Å². The SMILES string of the molecule is CC(O)(CS([NH])(=O)=O)C1CC1. The van der Waals surface area contributed by atoms with Gasteiger partial charge >= 0.3 is 0 Å². The molecule has 1 fully saturated rings. The summed E-state index contributed by atoms with van der Waals surface area (Å²) in [5.74, 6) is -0.354. The Hall–Kier alpha value is -0.130. The van der Waals surface area contributed by atoms with Gasteiger partial charge in [-0.05, 0) is 25.7 Å². The van der Waals surface area contributed by atoms with Gasteiger partial charge in [0.05, 0.1) is 11.4 Å². The molecule has 1 radical (unpaired) electrons. The molecule has 1 rings (SSSR count). The maximum Gasteiger partial charge on any atom is 0.227 e. The molecule has 0 amide bonds. The monoisotopic (exact) mass is 178 g/mol. The van der Waals surface area contributed by atoms with Gasteiger partial charge in [0.15, 0.2) is 0 Å². The summed E-state index contributed by atoms with van der Waals surface area (Å²) in [5.41, 5.74) is -1.18. The standard InChI is InChI=1S/C6H12NO3S/c1-6(8,5-2-3-5)4-11(7,9)10/h5,7-8H,2-4H2,1H3. The average Bonchev–Trinajstić information content (AvgIpc) is 2.30. The zero-order chi connectivity index (χ0) is 8.70. The van der Waals surface area contributed by atoms with Gasteiger partial charge in [0, 0.05) is 0 Å². The van der Waals surface area contributed by atoms with Crippen LogP contribution in [0.25, 0.3) is 0 Å². The predicted molar refractivity (Wildman–Crippen MR) is 40.2 cm³/mol. The fraction of sp³-hybridized carbons (Fsp3) is 1.00. The fourth-order valence-electron chi connectivity index (χ4n) is 1.21. The minimum atomic E-state index is -3.79. The van der Waals surface area contributed by atoms with Crippen molar-refractivity contribution in [2.24, 2.45) is 5.92 Å². The van der Waals surface area contributed by atoms with E-state index in [1.807, 2.05) is 0 Å². The van der Waals surface area contributed by atoms with Gasteiger partial charge in [-0.15, -0.1) is 5.14 Å². The molecule has 0 aromatic rings. The van der Waals surface area contributed by atoms with E-state index >= 15 is 0 Å². The number of rotatable bonds is 3. The van der Waals surface area contributed by atoms with Crippen LogP contribution in [-0.2, 0) is 10.0 Å². The van der Waals surface area contributed by atoms with Crippen molar-refractivity contribution >= 4 is 10.0 Å². The molecule has 1 unspecified atom stereocenters. The van der Waals surface area contributed by atoms with E-state index in [0.29, 0.717) is 0 Å². The molecule has 1 aliphatic carbocycles. The number of hydrogen-bond acceptors (Lipinski definition) is 3. The second kappa shape index (κ2) is 2.43. The minimum absolute atomic E-state index is 0.0858. The Balaban J connectivity index is 2.59. The molecule has 0 heterocycles. The first-order chi connectivity index (χ1) is 4.81. The van der Waals surface area contributed by atoms with E-state index in [9.17, 15) is 13.5 Å². The summed E-state index contributed by atoms with van der Waals surface area (Å²) in [4.78, 5) is 0. The quantitative estimate of drug-likeness (QED) is 0.647. The molecule has 0 aromatic carbocycles. The first kappa shape index (κ1) is 8.96. The van der Waals surface area contributed by atoms with Gasteiger partial charge in [-0.3, -0.25) is 0 Å². The van der Waals surface area contributed by atoms with Crippen LogP contribution in [0.15, 0.2) is 0 Å². The Labute approximate surface area is 66.5 Å². The van der Waals surface area contributed by atoms with Crippen molar-refractivity contribution in [1.82, 2.24) is 5.14 Å². The van der Waals surface area contributed by atoms with Crippen LogP contribution < -0.4 is 5.14 Å². The van der Waals surface area contributed by atoms with Crippen molar-refractivity contribution in [3.63, 3.8) is 0 Å².